The van der Waals surface area contributed by atoms with Crippen LogP contribution < -0.4 is 19.1 Å². The van der Waals surface area contributed by atoms with Crippen LogP contribution in [0.25, 0.3) is 0 Å². The molecule has 0 fully saturated rings. The van der Waals surface area contributed by atoms with Crippen molar-refractivity contribution in [2.24, 2.45) is 0 Å². The fraction of sp³-hybridized carbons (Fsp3) is 0.316. The van der Waals surface area contributed by atoms with Crippen LogP contribution in [0.15, 0.2) is 42.5 Å². The number of ether oxygens (including phenoxy) is 2. The highest BCUT2D eigenvalue weighted by Crippen LogP contribution is 2.31. The summed E-state index contributed by atoms with van der Waals surface area (Å²) in [6, 6.07) is 12.2. The molecule has 1 N–H and O–H groups in total. The number of sulfonamides is 1. The van der Waals surface area contributed by atoms with E-state index in [4.69, 9.17) is 21.1 Å². The van der Waals surface area contributed by atoms with Gasteiger partial charge in [0.1, 0.15) is 19.3 Å². The summed E-state index contributed by atoms with van der Waals surface area (Å²) in [5, 5.41) is 3.14. The number of anilines is 1. The summed E-state index contributed by atoms with van der Waals surface area (Å²) >= 11 is 6.10. The van der Waals surface area contributed by atoms with E-state index >= 15 is 0 Å². The molecule has 0 saturated heterocycles. The van der Waals surface area contributed by atoms with E-state index in [0.29, 0.717) is 34.4 Å². The molecule has 150 valence electrons. The first-order valence-electron chi connectivity index (χ1n) is 8.63. The molecule has 1 aliphatic rings. The quantitative estimate of drug-likeness (QED) is 0.769. The van der Waals surface area contributed by atoms with E-state index in [1.807, 2.05) is 12.1 Å². The summed E-state index contributed by atoms with van der Waals surface area (Å²) in [4.78, 5) is 12.4. The SMILES string of the molecule is Cc1c(Cl)cccc1N(CC(=O)NCC1COc2ccccc2O1)S(C)(=O)=O. The number of fused-ring (bicyclic) bond motifs is 1. The van der Waals surface area contributed by atoms with E-state index in [0.717, 1.165) is 10.6 Å². The molecule has 2 aromatic rings. The van der Waals surface area contributed by atoms with Gasteiger partial charge in [-0.15, -0.1) is 0 Å². The summed E-state index contributed by atoms with van der Waals surface area (Å²) in [6.07, 6.45) is 0.689. The molecule has 1 aliphatic heterocycles. The number of carbonyl (C=O) groups is 1. The van der Waals surface area contributed by atoms with Crippen molar-refractivity contribution in [2.75, 3.05) is 30.3 Å². The minimum absolute atomic E-state index is 0.194. The van der Waals surface area contributed by atoms with E-state index in [1.54, 1.807) is 37.3 Å². The number of amides is 1. The molecule has 1 unspecified atom stereocenters. The Bertz CT molecular complexity index is 980. The average Bonchev–Trinajstić information content (AvgIpc) is 2.66. The lowest BCUT2D eigenvalue weighted by molar-refractivity contribution is -0.120. The van der Waals surface area contributed by atoms with Crippen LogP contribution in [-0.2, 0) is 14.8 Å². The van der Waals surface area contributed by atoms with Crippen molar-refractivity contribution in [3.63, 3.8) is 0 Å². The maximum atomic E-state index is 12.4. The van der Waals surface area contributed by atoms with Gasteiger partial charge in [-0.05, 0) is 36.8 Å². The van der Waals surface area contributed by atoms with E-state index in [9.17, 15) is 13.2 Å². The van der Waals surface area contributed by atoms with Crippen molar-refractivity contribution < 1.29 is 22.7 Å². The highest BCUT2D eigenvalue weighted by molar-refractivity contribution is 7.92. The van der Waals surface area contributed by atoms with Gasteiger partial charge in [-0.25, -0.2) is 8.42 Å². The topological polar surface area (TPSA) is 84.9 Å². The molecule has 0 aliphatic carbocycles. The predicted octanol–water partition coefficient (Wildman–Crippen LogP) is 2.37. The van der Waals surface area contributed by atoms with Crippen LogP contribution in [0.2, 0.25) is 5.02 Å². The lowest BCUT2D eigenvalue weighted by Crippen LogP contribution is -2.45. The molecular formula is C19H21ClN2O5S. The smallest absolute Gasteiger partial charge is 0.240 e. The number of carbonyl (C=O) groups excluding carboxylic acids is 1. The zero-order valence-corrected chi connectivity index (χ0v) is 17.1. The summed E-state index contributed by atoms with van der Waals surface area (Å²) in [6.45, 7) is 1.84. The zero-order valence-electron chi connectivity index (χ0n) is 15.5. The van der Waals surface area contributed by atoms with Gasteiger partial charge in [0.25, 0.3) is 0 Å². The van der Waals surface area contributed by atoms with E-state index in [1.165, 1.54) is 0 Å². The standard InChI is InChI=1S/C19H21ClN2O5S/c1-13-15(20)6-5-7-16(13)22(28(2,24)25)11-19(23)21-10-14-12-26-17-8-3-4-9-18(17)27-14/h3-9,14H,10-12H2,1-2H3,(H,21,23). The number of halogens is 1. The second-order valence-electron chi connectivity index (χ2n) is 6.46. The molecule has 0 aromatic heterocycles. The molecule has 1 atom stereocenters. The fourth-order valence-electron chi connectivity index (χ4n) is 2.83. The Labute approximate surface area is 169 Å². The van der Waals surface area contributed by atoms with E-state index in [-0.39, 0.29) is 19.2 Å². The van der Waals surface area contributed by atoms with Gasteiger partial charge < -0.3 is 14.8 Å². The normalized spacial score (nSPS) is 15.8. The molecule has 0 spiro atoms. The van der Waals surface area contributed by atoms with E-state index in [2.05, 4.69) is 5.32 Å². The first-order chi connectivity index (χ1) is 13.3. The van der Waals surface area contributed by atoms with Crippen molar-refractivity contribution in [1.82, 2.24) is 5.32 Å². The number of benzene rings is 2. The number of hydrogen-bond donors (Lipinski definition) is 1. The van der Waals surface area contributed by atoms with Gasteiger partial charge in [-0.1, -0.05) is 29.8 Å². The number of hydrogen-bond acceptors (Lipinski definition) is 5. The average molecular weight is 425 g/mol. The third-order valence-electron chi connectivity index (χ3n) is 4.29. The van der Waals surface area contributed by atoms with Crippen molar-refractivity contribution in [2.45, 2.75) is 13.0 Å². The Morgan fingerprint density at radius 2 is 1.93 bits per heavy atom. The van der Waals surface area contributed by atoms with Crippen molar-refractivity contribution >= 4 is 33.2 Å². The number of nitrogens with zero attached hydrogens (tertiary/aromatic N) is 1. The summed E-state index contributed by atoms with van der Waals surface area (Å²) in [5.41, 5.74) is 0.958. The highest BCUT2D eigenvalue weighted by atomic mass is 35.5. The fourth-order valence-corrected chi connectivity index (χ4v) is 3.90. The molecule has 1 amide bonds. The van der Waals surface area contributed by atoms with Gasteiger partial charge in [-0.3, -0.25) is 9.10 Å². The van der Waals surface area contributed by atoms with Crippen LogP contribution in [0, 0.1) is 6.92 Å². The Morgan fingerprint density at radius 1 is 1.21 bits per heavy atom. The van der Waals surface area contributed by atoms with Crippen molar-refractivity contribution in [3.05, 3.63) is 53.1 Å². The summed E-state index contributed by atoms with van der Waals surface area (Å²) in [7, 11) is -3.68. The third-order valence-corrected chi connectivity index (χ3v) is 5.83. The van der Waals surface area contributed by atoms with Gasteiger partial charge in [0, 0.05) is 5.02 Å². The van der Waals surface area contributed by atoms with E-state index < -0.39 is 15.9 Å². The van der Waals surface area contributed by atoms with Gasteiger partial charge in [0.15, 0.2) is 11.5 Å². The number of para-hydroxylation sites is 2. The Balaban J connectivity index is 1.64. The van der Waals surface area contributed by atoms with Gasteiger partial charge in [-0.2, -0.15) is 0 Å². The molecule has 28 heavy (non-hydrogen) atoms. The highest BCUT2D eigenvalue weighted by Gasteiger charge is 2.25. The largest absolute Gasteiger partial charge is 0.486 e. The van der Waals surface area contributed by atoms with Crippen LogP contribution in [-0.4, -0.2) is 46.4 Å². The van der Waals surface area contributed by atoms with Gasteiger partial charge in [0.2, 0.25) is 15.9 Å². The number of rotatable bonds is 6. The van der Waals surface area contributed by atoms with Crippen LogP contribution in [0.3, 0.4) is 0 Å². The Kier molecular flexibility index (Phi) is 6.00. The second-order valence-corrected chi connectivity index (χ2v) is 8.77. The van der Waals surface area contributed by atoms with Crippen LogP contribution >= 0.6 is 11.6 Å². The Hall–Kier alpha value is -2.45. The predicted molar refractivity (Wildman–Crippen MR) is 108 cm³/mol. The molecule has 1 heterocycles. The summed E-state index contributed by atoms with van der Waals surface area (Å²) in [5.74, 6) is 0.817. The van der Waals surface area contributed by atoms with Crippen LogP contribution in [0.5, 0.6) is 11.5 Å². The molecule has 3 rings (SSSR count). The molecular weight excluding hydrogens is 404 g/mol. The zero-order chi connectivity index (χ0) is 20.3. The second kappa shape index (κ2) is 8.28. The molecule has 0 saturated carbocycles. The minimum atomic E-state index is -3.68. The first kappa shape index (κ1) is 20.3. The van der Waals surface area contributed by atoms with Crippen LogP contribution in [0.4, 0.5) is 5.69 Å². The molecule has 2 aromatic carbocycles. The maximum Gasteiger partial charge on any atom is 0.240 e. The van der Waals surface area contributed by atoms with Crippen molar-refractivity contribution in [3.8, 4) is 11.5 Å². The third kappa shape index (κ3) is 4.69. The molecule has 0 radical (unpaired) electrons. The van der Waals surface area contributed by atoms with Gasteiger partial charge >= 0.3 is 0 Å². The molecule has 7 nitrogen and oxygen atoms in total. The summed E-state index contributed by atoms with van der Waals surface area (Å²) < 4.78 is 36.9. The maximum absolute atomic E-state index is 12.4. The monoisotopic (exact) mass is 424 g/mol. The van der Waals surface area contributed by atoms with Crippen molar-refractivity contribution in [1.29, 1.82) is 0 Å². The molecule has 0 bridgehead atoms. The lowest BCUT2D eigenvalue weighted by atomic mass is 10.2. The Morgan fingerprint density at radius 3 is 2.64 bits per heavy atom. The molecule has 9 heteroatoms. The first-order valence-corrected chi connectivity index (χ1v) is 10.9. The number of nitrogens with one attached hydrogen (secondary N) is 1. The minimum Gasteiger partial charge on any atom is -0.486 e. The van der Waals surface area contributed by atoms with Gasteiger partial charge in [0.05, 0.1) is 18.5 Å². The lowest BCUT2D eigenvalue weighted by Gasteiger charge is -2.27. The van der Waals surface area contributed by atoms with Crippen LogP contribution in [0.1, 0.15) is 5.56 Å².